The van der Waals surface area contributed by atoms with Gasteiger partial charge < -0.3 is 19.7 Å². The van der Waals surface area contributed by atoms with Crippen LogP contribution in [0.25, 0.3) is 0 Å². The highest BCUT2D eigenvalue weighted by Gasteiger charge is 2.37. The maximum Gasteiger partial charge on any atom is 0.177 e. The minimum absolute atomic E-state index is 0.0392. The van der Waals surface area contributed by atoms with E-state index < -0.39 is 5.92 Å². The zero-order chi connectivity index (χ0) is 25.3. The van der Waals surface area contributed by atoms with Crippen LogP contribution in [-0.4, -0.2) is 29.2 Å². The van der Waals surface area contributed by atoms with Gasteiger partial charge in [-0.3, -0.25) is 4.79 Å². The van der Waals surface area contributed by atoms with Crippen LogP contribution < -0.4 is 9.47 Å². The number of aromatic hydroxyl groups is 2. The Morgan fingerprint density at radius 1 is 1.17 bits per heavy atom. The zero-order valence-corrected chi connectivity index (χ0v) is 21.6. The molecular formula is C30H38O5. The molecule has 3 atom stereocenters. The molecule has 1 aliphatic carbocycles. The normalized spacial score (nSPS) is 23.2. The van der Waals surface area contributed by atoms with Crippen LogP contribution in [-0.2, 0) is 6.42 Å². The molecule has 2 N–H and O–H groups in total. The lowest BCUT2D eigenvalue weighted by atomic mass is 9.64. The molecule has 2 aromatic rings. The van der Waals surface area contributed by atoms with E-state index in [0.717, 1.165) is 5.57 Å². The van der Waals surface area contributed by atoms with E-state index in [0.29, 0.717) is 53.1 Å². The highest BCUT2D eigenvalue weighted by Crippen LogP contribution is 2.45. The van der Waals surface area contributed by atoms with Crippen molar-refractivity contribution in [2.75, 3.05) is 13.2 Å². The predicted octanol–water partition coefficient (Wildman–Crippen LogP) is 6.81. The Hall–Kier alpha value is -2.95. The highest BCUT2D eigenvalue weighted by molar-refractivity contribution is 6.05. The van der Waals surface area contributed by atoms with Crippen molar-refractivity contribution in [3.8, 4) is 23.0 Å². The lowest BCUT2D eigenvalue weighted by Crippen LogP contribution is -2.37. The number of carbonyl (C=O) groups is 1. The third-order valence-electron chi connectivity index (χ3n) is 7.90. The number of phenolic OH excluding ortho intramolecular Hbond substituents is 2. The average Bonchev–Trinajstić information content (AvgIpc) is 2.78. The van der Waals surface area contributed by atoms with E-state index in [9.17, 15) is 15.0 Å². The number of fused-ring (bicyclic) bond motifs is 1. The molecule has 0 aromatic heterocycles. The molecule has 0 bridgehead atoms. The molecule has 0 amide bonds. The molecule has 1 aliphatic heterocycles. The van der Waals surface area contributed by atoms with Gasteiger partial charge in [0.25, 0.3) is 0 Å². The number of rotatable bonds is 6. The average molecular weight is 479 g/mol. The summed E-state index contributed by atoms with van der Waals surface area (Å²) in [6.45, 7) is 11.6. The molecule has 4 rings (SSSR count). The number of allylic oxidation sites excluding steroid dienone is 2. The lowest BCUT2D eigenvalue weighted by Gasteiger charge is -2.42. The molecule has 2 aliphatic rings. The maximum absolute atomic E-state index is 13.4. The summed E-state index contributed by atoms with van der Waals surface area (Å²) in [5, 5.41) is 21.1. The van der Waals surface area contributed by atoms with Crippen molar-refractivity contribution >= 4 is 5.78 Å². The molecule has 188 valence electrons. The summed E-state index contributed by atoms with van der Waals surface area (Å²) in [5.41, 5.74) is 3.12. The van der Waals surface area contributed by atoms with Gasteiger partial charge in [-0.05, 0) is 67.9 Å². The fourth-order valence-electron chi connectivity index (χ4n) is 5.64. The van der Waals surface area contributed by atoms with Gasteiger partial charge in [0.1, 0.15) is 18.1 Å². The lowest BCUT2D eigenvalue weighted by molar-refractivity contribution is 0.0403. The molecule has 2 unspecified atom stereocenters. The Balaban J connectivity index is 1.51. The summed E-state index contributed by atoms with van der Waals surface area (Å²) in [6.07, 6.45) is 6.15. The summed E-state index contributed by atoms with van der Waals surface area (Å²) < 4.78 is 12.1. The quantitative estimate of drug-likeness (QED) is 0.446. The molecular weight excluding hydrogens is 440 g/mol. The maximum atomic E-state index is 13.4. The number of ether oxygens (including phenoxy) is 2. The fourth-order valence-corrected chi connectivity index (χ4v) is 5.64. The molecule has 1 heterocycles. The predicted molar refractivity (Wildman–Crippen MR) is 138 cm³/mol. The Morgan fingerprint density at radius 3 is 2.63 bits per heavy atom. The van der Waals surface area contributed by atoms with Crippen LogP contribution in [0.5, 0.6) is 23.0 Å². The van der Waals surface area contributed by atoms with E-state index in [1.165, 1.54) is 19.3 Å². The monoisotopic (exact) mass is 478 g/mol. The van der Waals surface area contributed by atoms with Gasteiger partial charge in [-0.1, -0.05) is 51.3 Å². The van der Waals surface area contributed by atoms with Crippen molar-refractivity contribution in [1.82, 2.24) is 0 Å². The van der Waals surface area contributed by atoms with Crippen LogP contribution in [0.4, 0.5) is 0 Å². The third-order valence-corrected chi connectivity index (χ3v) is 7.90. The van der Waals surface area contributed by atoms with E-state index in [2.05, 4.69) is 20.8 Å². The first-order chi connectivity index (χ1) is 16.6. The minimum Gasteiger partial charge on any atom is -0.508 e. The van der Waals surface area contributed by atoms with Crippen molar-refractivity contribution in [2.45, 2.75) is 66.2 Å². The number of phenols is 2. The number of hydrogen-bond donors (Lipinski definition) is 2. The van der Waals surface area contributed by atoms with Crippen LogP contribution in [0.2, 0.25) is 0 Å². The molecule has 2 aromatic carbocycles. The number of benzene rings is 2. The van der Waals surface area contributed by atoms with Crippen molar-refractivity contribution in [3.63, 3.8) is 0 Å². The standard InChI is InChI=1S/C30H38O5/c1-18(2)8-10-21-25(31)12-11-22-28(33)23(16-35-29(21)22)20-9-13-27(26(32)15-20)34-17-24-19(3)7-6-14-30(24,4)5/h8-9,11-13,15,19,23-24,31-32H,6-7,10,14,16-17H2,1-5H3/t19?,23-,24?/m0/s1. The van der Waals surface area contributed by atoms with E-state index in [1.807, 2.05) is 26.0 Å². The van der Waals surface area contributed by atoms with Gasteiger partial charge in [-0.2, -0.15) is 0 Å². The van der Waals surface area contributed by atoms with Crippen molar-refractivity contribution in [3.05, 3.63) is 58.7 Å². The van der Waals surface area contributed by atoms with Gasteiger partial charge >= 0.3 is 0 Å². The van der Waals surface area contributed by atoms with Gasteiger partial charge in [0.05, 0.1) is 18.1 Å². The number of ketones is 1. The van der Waals surface area contributed by atoms with E-state index >= 15 is 0 Å². The summed E-state index contributed by atoms with van der Waals surface area (Å²) >= 11 is 0. The van der Waals surface area contributed by atoms with Gasteiger partial charge in [0.15, 0.2) is 17.3 Å². The molecule has 5 heteroatoms. The molecule has 0 saturated heterocycles. The van der Waals surface area contributed by atoms with Gasteiger partial charge in [-0.15, -0.1) is 0 Å². The zero-order valence-electron chi connectivity index (χ0n) is 21.6. The van der Waals surface area contributed by atoms with Gasteiger partial charge in [-0.25, -0.2) is 0 Å². The second-order valence-corrected chi connectivity index (χ2v) is 11.2. The van der Waals surface area contributed by atoms with Crippen LogP contribution >= 0.6 is 0 Å². The van der Waals surface area contributed by atoms with Crippen LogP contribution in [0.1, 0.15) is 81.3 Å². The minimum atomic E-state index is -0.527. The van der Waals surface area contributed by atoms with Crippen molar-refractivity contribution in [1.29, 1.82) is 0 Å². The first-order valence-corrected chi connectivity index (χ1v) is 12.7. The second kappa shape index (κ2) is 9.96. The summed E-state index contributed by atoms with van der Waals surface area (Å²) in [6, 6.07) is 8.39. The molecule has 1 fully saturated rings. The molecule has 35 heavy (non-hydrogen) atoms. The summed E-state index contributed by atoms with van der Waals surface area (Å²) in [7, 11) is 0. The Bertz CT molecular complexity index is 1130. The molecule has 5 nitrogen and oxygen atoms in total. The second-order valence-electron chi connectivity index (χ2n) is 11.2. The topological polar surface area (TPSA) is 76.0 Å². The third kappa shape index (κ3) is 5.19. The highest BCUT2D eigenvalue weighted by atomic mass is 16.5. The van der Waals surface area contributed by atoms with E-state index in [4.69, 9.17) is 9.47 Å². The Kier molecular flexibility index (Phi) is 7.16. The number of Topliss-reactive ketones (excluding diaryl/α,β-unsaturated/α-hetero) is 1. The summed E-state index contributed by atoms with van der Waals surface area (Å²) in [5.74, 6) is 1.48. The van der Waals surface area contributed by atoms with E-state index in [-0.39, 0.29) is 29.3 Å². The molecule has 0 radical (unpaired) electrons. The van der Waals surface area contributed by atoms with Gasteiger partial charge in [0.2, 0.25) is 0 Å². The Labute approximate surface area is 208 Å². The van der Waals surface area contributed by atoms with Crippen LogP contribution in [0.15, 0.2) is 42.0 Å². The first kappa shape index (κ1) is 25.2. The number of hydrogen-bond acceptors (Lipinski definition) is 5. The SMILES string of the molecule is CC(C)=CCc1c(O)ccc2c1OC[C@@H](c1ccc(OCC3C(C)CCCC3(C)C)c(O)c1)C2=O. The molecule has 1 saturated carbocycles. The first-order valence-electron chi connectivity index (χ1n) is 12.7. The van der Waals surface area contributed by atoms with Crippen LogP contribution in [0, 0.1) is 17.3 Å². The molecule has 0 spiro atoms. The van der Waals surface area contributed by atoms with Crippen molar-refractivity contribution < 1.29 is 24.5 Å². The summed E-state index contributed by atoms with van der Waals surface area (Å²) in [4.78, 5) is 13.4. The fraction of sp³-hybridized carbons (Fsp3) is 0.500. The number of carbonyl (C=O) groups excluding carboxylic acids is 1. The van der Waals surface area contributed by atoms with E-state index in [1.54, 1.807) is 24.3 Å². The van der Waals surface area contributed by atoms with Crippen molar-refractivity contribution in [2.24, 2.45) is 17.3 Å². The Morgan fingerprint density at radius 2 is 1.94 bits per heavy atom. The smallest absolute Gasteiger partial charge is 0.177 e. The largest absolute Gasteiger partial charge is 0.508 e. The van der Waals surface area contributed by atoms with Crippen LogP contribution in [0.3, 0.4) is 0 Å². The van der Waals surface area contributed by atoms with Gasteiger partial charge in [0, 0.05) is 11.5 Å².